The monoisotopic (exact) mass is 385 g/mol. The number of aryl methyl sites for hydroxylation is 1. The first-order valence-electron chi connectivity index (χ1n) is 7.90. The zero-order valence-corrected chi connectivity index (χ0v) is 15.5. The van der Waals surface area contributed by atoms with Gasteiger partial charge in [0.2, 0.25) is 0 Å². The van der Waals surface area contributed by atoms with Crippen LogP contribution in [-0.2, 0) is 12.4 Å². The molecule has 0 saturated heterocycles. The van der Waals surface area contributed by atoms with E-state index >= 15 is 0 Å². The zero-order chi connectivity index (χ0) is 17.8. The molecule has 0 amide bonds. The van der Waals surface area contributed by atoms with Gasteiger partial charge in [0, 0.05) is 11.8 Å². The molecule has 0 aliphatic carbocycles. The Labute approximate surface area is 158 Å². The van der Waals surface area contributed by atoms with Crippen LogP contribution in [0.2, 0.25) is 0 Å². The average Bonchev–Trinajstić information content (AvgIpc) is 3.40. The van der Waals surface area contributed by atoms with Crippen molar-refractivity contribution in [3.05, 3.63) is 65.0 Å². The lowest BCUT2D eigenvalue weighted by Gasteiger charge is -2.02. The lowest BCUT2D eigenvalue weighted by atomic mass is 10.2. The molecule has 0 N–H and O–H groups in total. The molecule has 26 heavy (non-hydrogen) atoms. The second-order valence-corrected chi connectivity index (χ2v) is 7.39. The van der Waals surface area contributed by atoms with Gasteiger partial charge in [-0.1, -0.05) is 40.7 Å². The molecule has 0 bridgehead atoms. The standard InChI is InChI=1S/C18H15N3O3S2/c1-12-4-6-14(7-5-12)22-10-17-19-20-18(23-17)26-11-13-9-15(24-21-13)16-3-2-8-25-16/h2-9H,10-11H2,1H3. The predicted octanol–water partition coefficient (Wildman–Crippen LogP) is 4.97. The van der Waals surface area contributed by atoms with E-state index in [2.05, 4.69) is 15.4 Å². The second-order valence-electron chi connectivity index (χ2n) is 5.51. The summed E-state index contributed by atoms with van der Waals surface area (Å²) in [6.45, 7) is 2.27. The van der Waals surface area contributed by atoms with Crippen molar-refractivity contribution in [2.75, 3.05) is 0 Å². The lowest BCUT2D eigenvalue weighted by Crippen LogP contribution is -1.95. The van der Waals surface area contributed by atoms with E-state index in [1.165, 1.54) is 17.3 Å². The average molecular weight is 385 g/mol. The van der Waals surface area contributed by atoms with E-state index in [4.69, 9.17) is 13.7 Å². The molecule has 4 rings (SSSR count). The van der Waals surface area contributed by atoms with Crippen LogP contribution in [0.4, 0.5) is 0 Å². The van der Waals surface area contributed by atoms with Crippen molar-refractivity contribution >= 4 is 23.1 Å². The van der Waals surface area contributed by atoms with Gasteiger partial charge < -0.3 is 13.7 Å². The summed E-state index contributed by atoms with van der Waals surface area (Å²) in [5.41, 5.74) is 2.01. The third kappa shape index (κ3) is 4.14. The van der Waals surface area contributed by atoms with Gasteiger partial charge in [-0.25, -0.2) is 0 Å². The number of benzene rings is 1. The van der Waals surface area contributed by atoms with Gasteiger partial charge in [-0.05, 0) is 30.5 Å². The SMILES string of the molecule is Cc1ccc(OCc2nnc(SCc3cc(-c4cccs4)on3)o2)cc1. The minimum Gasteiger partial charge on any atom is -0.484 e. The first-order chi connectivity index (χ1) is 12.8. The van der Waals surface area contributed by atoms with Crippen LogP contribution in [0.25, 0.3) is 10.6 Å². The van der Waals surface area contributed by atoms with E-state index in [0.29, 0.717) is 16.9 Å². The quantitative estimate of drug-likeness (QED) is 0.416. The molecule has 0 fully saturated rings. The van der Waals surface area contributed by atoms with E-state index in [1.807, 2.05) is 54.8 Å². The van der Waals surface area contributed by atoms with E-state index < -0.39 is 0 Å². The van der Waals surface area contributed by atoms with Crippen LogP contribution in [0, 0.1) is 6.92 Å². The lowest BCUT2D eigenvalue weighted by molar-refractivity contribution is 0.252. The largest absolute Gasteiger partial charge is 0.484 e. The molecule has 0 aliphatic heterocycles. The highest BCUT2D eigenvalue weighted by molar-refractivity contribution is 7.98. The molecule has 0 radical (unpaired) electrons. The van der Waals surface area contributed by atoms with E-state index in [-0.39, 0.29) is 6.61 Å². The summed E-state index contributed by atoms with van der Waals surface area (Å²) < 4.78 is 16.6. The molecular formula is C18H15N3O3S2. The Kier molecular flexibility index (Phi) is 5.03. The third-order valence-electron chi connectivity index (χ3n) is 3.50. The summed E-state index contributed by atoms with van der Waals surface area (Å²) in [6, 6.07) is 13.7. The first kappa shape index (κ1) is 16.9. The smallest absolute Gasteiger partial charge is 0.277 e. The maximum Gasteiger partial charge on any atom is 0.277 e. The van der Waals surface area contributed by atoms with Crippen LogP contribution in [0.3, 0.4) is 0 Å². The van der Waals surface area contributed by atoms with Crippen LogP contribution >= 0.6 is 23.1 Å². The van der Waals surface area contributed by atoms with E-state index in [1.54, 1.807) is 11.3 Å². The second kappa shape index (κ2) is 7.76. The number of rotatable bonds is 7. The molecule has 0 aliphatic rings. The van der Waals surface area contributed by atoms with Gasteiger partial charge in [-0.3, -0.25) is 0 Å². The van der Waals surface area contributed by atoms with E-state index in [9.17, 15) is 0 Å². The van der Waals surface area contributed by atoms with Crippen LogP contribution in [0.15, 0.2) is 62.0 Å². The number of nitrogens with zero attached hydrogens (tertiary/aromatic N) is 3. The predicted molar refractivity (Wildman–Crippen MR) is 99.2 cm³/mol. The summed E-state index contributed by atoms with van der Waals surface area (Å²) in [6.07, 6.45) is 0. The van der Waals surface area contributed by atoms with Gasteiger partial charge in [0.25, 0.3) is 11.1 Å². The van der Waals surface area contributed by atoms with Crippen molar-refractivity contribution in [2.24, 2.45) is 0 Å². The first-order valence-corrected chi connectivity index (χ1v) is 9.77. The Hall–Kier alpha value is -2.58. The highest BCUT2D eigenvalue weighted by Gasteiger charge is 2.11. The molecule has 0 spiro atoms. The molecule has 6 nitrogen and oxygen atoms in total. The van der Waals surface area contributed by atoms with Gasteiger partial charge in [0.05, 0.1) is 10.6 Å². The van der Waals surface area contributed by atoms with Gasteiger partial charge in [0.1, 0.15) is 5.75 Å². The van der Waals surface area contributed by atoms with Crippen molar-refractivity contribution < 1.29 is 13.7 Å². The fourth-order valence-electron chi connectivity index (χ4n) is 2.18. The Morgan fingerprint density at radius 1 is 1.15 bits per heavy atom. The zero-order valence-electron chi connectivity index (χ0n) is 13.9. The van der Waals surface area contributed by atoms with Crippen LogP contribution < -0.4 is 4.74 Å². The van der Waals surface area contributed by atoms with Crippen LogP contribution in [0.5, 0.6) is 5.75 Å². The molecule has 132 valence electrons. The van der Waals surface area contributed by atoms with E-state index in [0.717, 1.165) is 22.1 Å². The molecule has 3 heterocycles. The third-order valence-corrected chi connectivity index (χ3v) is 5.23. The summed E-state index contributed by atoms with van der Waals surface area (Å²) in [5, 5.41) is 14.6. The molecule has 0 saturated carbocycles. The molecule has 4 aromatic rings. The number of hydrogen-bond donors (Lipinski definition) is 0. The van der Waals surface area contributed by atoms with Gasteiger partial charge in [-0.2, -0.15) is 0 Å². The molecular weight excluding hydrogens is 370 g/mol. The van der Waals surface area contributed by atoms with Gasteiger partial charge >= 0.3 is 0 Å². The Balaban J connectivity index is 1.30. The Morgan fingerprint density at radius 2 is 2.04 bits per heavy atom. The maximum absolute atomic E-state index is 5.64. The normalized spacial score (nSPS) is 11.0. The minimum absolute atomic E-state index is 0.239. The molecule has 8 heteroatoms. The van der Waals surface area contributed by atoms with Crippen LogP contribution in [-0.4, -0.2) is 15.4 Å². The molecule has 0 unspecified atom stereocenters. The summed E-state index contributed by atoms with van der Waals surface area (Å²) in [5.74, 6) is 2.57. The molecule has 3 aromatic heterocycles. The van der Waals surface area contributed by atoms with Crippen molar-refractivity contribution in [2.45, 2.75) is 24.5 Å². The van der Waals surface area contributed by atoms with Crippen molar-refractivity contribution in [1.29, 1.82) is 0 Å². The number of ether oxygens (including phenoxy) is 1. The van der Waals surface area contributed by atoms with Crippen molar-refractivity contribution in [1.82, 2.24) is 15.4 Å². The minimum atomic E-state index is 0.239. The van der Waals surface area contributed by atoms with Gasteiger partial charge in [-0.15, -0.1) is 21.5 Å². The Morgan fingerprint density at radius 3 is 2.85 bits per heavy atom. The van der Waals surface area contributed by atoms with Crippen molar-refractivity contribution in [3.8, 4) is 16.4 Å². The molecule has 0 atom stereocenters. The van der Waals surface area contributed by atoms with Crippen LogP contribution in [0.1, 0.15) is 17.1 Å². The maximum atomic E-state index is 5.64. The number of hydrogen-bond acceptors (Lipinski definition) is 8. The Bertz CT molecular complexity index is 962. The van der Waals surface area contributed by atoms with Gasteiger partial charge in [0.15, 0.2) is 12.4 Å². The highest BCUT2D eigenvalue weighted by atomic mass is 32.2. The number of aromatic nitrogens is 3. The number of thiophene rings is 1. The topological polar surface area (TPSA) is 74.2 Å². The fraction of sp³-hybridized carbons (Fsp3) is 0.167. The number of thioether (sulfide) groups is 1. The summed E-state index contributed by atoms with van der Waals surface area (Å²) >= 11 is 3.03. The highest BCUT2D eigenvalue weighted by Crippen LogP contribution is 2.28. The van der Waals surface area contributed by atoms with Crippen molar-refractivity contribution in [3.63, 3.8) is 0 Å². The fourth-order valence-corrected chi connectivity index (χ4v) is 3.52. The summed E-state index contributed by atoms with van der Waals surface area (Å²) in [7, 11) is 0. The summed E-state index contributed by atoms with van der Waals surface area (Å²) in [4.78, 5) is 1.06. The molecule has 1 aromatic carbocycles.